The molecule has 0 saturated carbocycles. The second-order valence-electron chi connectivity index (χ2n) is 4.34. The van der Waals surface area contributed by atoms with Crippen LogP contribution in [0.25, 0.3) is 0 Å². The summed E-state index contributed by atoms with van der Waals surface area (Å²) in [4.78, 5) is 0. The van der Waals surface area contributed by atoms with Crippen LogP contribution in [0.15, 0.2) is 0 Å². The normalized spacial score (nSPS) is 31.0. The minimum absolute atomic E-state index is 0.893. The molecule has 0 amide bonds. The van der Waals surface area contributed by atoms with Crippen molar-refractivity contribution in [1.29, 1.82) is 0 Å². The van der Waals surface area contributed by atoms with Crippen LogP contribution in [0.2, 0.25) is 0 Å². The van der Waals surface area contributed by atoms with Crippen molar-refractivity contribution in [2.75, 3.05) is 13.1 Å². The molecule has 0 aromatic carbocycles. The monoisotopic (exact) mass is 169 g/mol. The van der Waals surface area contributed by atoms with Gasteiger partial charge in [0.25, 0.3) is 0 Å². The molecule has 1 heteroatoms. The van der Waals surface area contributed by atoms with Gasteiger partial charge in [-0.3, -0.25) is 0 Å². The molecule has 0 spiro atoms. The Hall–Kier alpha value is -0.0400. The fourth-order valence-electron chi connectivity index (χ4n) is 2.51. The molecular weight excluding hydrogens is 146 g/mol. The van der Waals surface area contributed by atoms with Crippen molar-refractivity contribution in [2.45, 2.75) is 40.0 Å². The van der Waals surface area contributed by atoms with Crippen molar-refractivity contribution in [2.24, 2.45) is 17.8 Å². The Labute approximate surface area is 76.9 Å². The summed E-state index contributed by atoms with van der Waals surface area (Å²) in [7, 11) is 0. The van der Waals surface area contributed by atoms with E-state index in [-0.39, 0.29) is 0 Å². The first-order valence-electron chi connectivity index (χ1n) is 5.48. The molecule has 0 aliphatic carbocycles. The van der Waals surface area contributed by atoms with Crippen LogP contribution in [0.3, 0.4) is 0 Å². The maximum absolute atomic E-state index is 3.53. The molecule has 12 heavy (non-hydrogen) atoms. The van der Waals surface area contributed by atoms with E-state index in [1.54, 1.807) is 0 Å². The minimum Gasteiger partial charge on any atom is -0.316 e. The molecule has 0 aromatic rings. The van der Waals surface area contributed by atoms with Crippen LogP contribution in [-0.2, 0) is 0 Å². The first kappa shape index (κ1) is 10.0. The summed E-state index contributed by atoms with van der Waals surface area (Å²) >= 11 is 0. The minimum atomic E-state index is 0.893. The summed E-state index contributed by atoms with van der Waals surface area (Å²) in [6.45, 7) is 9.51. The molecule has 2 unspecified atom stereocenters. The van der Waals surface area contributed by atoms with Crippen molar-refractivity contribution in [1.82, 2.24) is 5.32 Å². The van der Waals surface area contributed by atoms with E-state index in [2.05, 4.69) is 26.1 Å². The molecule has 2 atom stereocenters. The highest BCUT2D eigenvalue weighted by Gasteiger charge is 2.23. The molecule has 1 heterocycles. The van der Waals surface area contributed by atoms with Gasteiger partial charge >= 0.3 is 0 Å². The van der Waals surface area contributed by atoms with Crippen LogP contribution in [-0.4, -0.2) is 13.1 Å². The molecular formula is C11H23N. The van der Waals surface area contributed by atoms with Crippen LogP contribution in [0.1, 0.15) is 40.0 Å². The summed E-state index contributed by atoms with van der Waals surface area (Å²) in [6.07, 6.45) is 4.16. The molecule has 0 radical (unpaired) electrons. The van der Waals surface area contributed by atoms with Gasteiger partial charge in [0.15, 0.2) is 0 Å². The molecule has 1 N–H and O–H groups in total. The van der Waals surface area contributed by atoms with Gasteiger partial charge in [0, 0.05) is 0 Å². The van der Waals surface area contributed by atoms with Gasteiger partial charge in [-0.1, -0.05) is 33.6 Å². The maximum Gasteiger partial charge on any atom is -0.00176 e. The summed E-state index contributed by atoms with van der Waals surface area (Å²) in [5.74, 6) is 2.80. The smallest absolute Gasteiger partial charge is 0.00176 e. The van der Waals surface area contributed by atoms with E-state index in [9.17, 15) is 0 Å². The number of nitrogens with one attached hydrogen (secondary N) is 1. The Morgan fingerprint density at radius 1 is 1.25 bits per heavy atom. The van der Waals surface area contributed by atoms with Gasteiger partial charge in [-0.15, -0.1) is 0 Å². The third-order valence-electron chi connectivity index (χ3n) is 3.32. The Bertz CT molecular complexity index is 118. The molecule has 1 nitrogen and oxygen atoms in total. The van der Waals surface area contributed by atoms with Crippen LogP contribution >= 0.6 is 0 Å². The van der Waals surface area contributed by atoms with Crippen LogP contribution < -0.4 is 5.32 Å². The lowest BCUT2D eigenvalue weighted by Crippen LogP contribution is -2.38. The summed E-state index contributed by atoms with van der Waals surface area (Å²) in [5.41, 5.74) is 0. The third kappa shape index (κ3) is 2.48. The standard InChI is InChI=1S/C11H23N/c1-4-10(5-2)11-6-9(3)7-12-8-11/h9-12H,4-8H2,1-3H3. The first-order valence-corrected chi connectivity index (χ1v) is 5.48. The third-order valence-corrected chi connectivity index (χ3v) is 3.32. The molecule has 1 rings (SSSR count). The van der Waals surface area contributed by atoms with Gasteiger partial charge in [0.2, 0.25) is 0 Å². The molecule has 0 bridgehead atoms. The van der Waals surface area contributed by atoms with Gasteiger partial charge in [-0.25, -0.2) is 0 Å². The van der Waals surface area contributed by atoms with E-state index in [4.69, 9.17) is 0 Å². The summed E-state index contributed by atoms with van der Waals surface area (Å²) in [6, 6.07) is 0. The Balaban J connectivity index is 2.38. The first-order chi connectivity index (χ1) is 5.77. The van der Waals surface area contributed by atoms with E-state index in [1.165, 1.54) is 32.4 Å². The highest BCUT2D eigenvalue weighted by Crippen LogP contribution is 2.27. The highest BCUT2D eigenvalue weighted by atomic mass is 14.9. The van der Waals surface area contributed by atoms with Gasteiger partial charge in [-0.2, -0.15) is 0 Å². The zero-order valence-electron chi connectivity index (χ0n) is 8.77. The summed E-state index contributed by atoms with van der Waals surface area (Å²) < 4.78 is 0. The predicted octanol–water partition coefficient (Wildman–Crippen LogP) is 2.67. The van der Waals surface area contributed by atoms with E-state index in [1.807, 2.05) is 0 Å². The van der Waals surface area contributed by atoms with Gasteiger partial charge in [0.1, 0.15) is 0 Å². The Morgan fingerprint density at radius 3 is 2.42 bits per heavy atom. The average molecular weight is 169 g/mol. The topological polar surface area (TPSA) is 12.0 Å². The van der Waals surface area contributed by atoms with Crippen LogP contribution in [0.4, 0.5) is 0 Å². The fourth-order valence-corrected chi connectivity index (χ4v) is 2.51. The molecule has 1 fully saturated rings. The van der Waals surface area contributed by atoms with Gasteiger partial charge < -0.3 is 5.32 Å². The molecule has 1 aliphatic heterocycles. The second kappa shape index (κ2) is 4.86. The SMILES string of the molecule is CCC(CC)C1CNCC(C)C1. The van der Waals surface area contributed by atoms with Crippen molar-refractivity contribution in [3.8, 4) is 0 Å². The Kier molecular flexibility index (Phi) is 4.07. The molecule has 1 saturated heterocycles. The number of piperidine rings is 1. The zero-order chi connectivity index (χ0) is 8.97. The Morgan fingerprint density at radius 2 is 1.92 bits per heavy atom. The van der Waals surface area contributed by atoms with E-state index < -0.39 is 0 Å². The zero-order valence-corrected chi connectivity index (χ0v) is 8.77. The largest absolute Gasteiger partial charge is 0.316 e. The second-order valence-corrected chi connectivity index (χ2v) is 4.34. The lowest BCUT2D eigenvalue weighted by molar-refractivity contribution is 0.211. The van der Waals surface area contributed by atoms with Gasteiger partial charge in [-0.05, 0) is 37.3 Å². The van der Waals surface area contributed by atoms with Crippen LogP contribution in [0.5, 0.6) is 0 Å². The highest BCUT2D eigenvalue weighted by molar-refractivity contribution is 4.78. The summed E-state index contributed by atoms with van der Waals surface area (Å²) in [5, 5.41) is 3.53. The van der Waals surface area contributed by atoms with Crippen molar-refractivity contribution in [3.63, 3.8) is 0 Å². The number of hydrogen-bond acceptors (Lipinski definition) is 1. The van der Waals surface area contributed by atoms with E-state index >= 15 is 0 Å². The fraction of sp³-hybridized carbons (Fsp3) is 1.00. The lowest BCUT2D eigenvalue weighted by Gasteiger charge is -2.33. The lowest BCUT2D eigenvalue weighted by atomic mass is 9.80. The van der Waals surface area contributed by atoms with Crippen molar-refractivity contribution < 1.29 is 0 Å². The van der Waals surface area contributed by atoms with Crippen LogP contribution in [0, 0.1) is 17.8 Å². The maximum atomic E-state index is 3.53. The molecule has 1 aliphatic rings. The van der Waals surface area contributed by atoms with Crippen molar-refractivity contribution >= 4 is 0 Å². The number of hydrogen-bond donors (Lipinski definition) is 1. The van der Waals surface area contributed by atoms with Gasteiger partial charge in [0.05, 0.1) is 0 Å². The predicted molar refractivity (Wildman–Crippen MR) is 54.2 cm³/mol. The van der Waals surface area contributed by atoms with Crippen molar-refractivity contribution in [3.05, 3.63) is 0 Å². The average Bonchev–Trinajstić information content (AvgIpc) is 2.07. The van der Waals surface area contributed by atoms with E-state index in [0.717, 1.165) is 17.8 Å². The van der Waals surface area contributed by atoms with E-state index in [0.29, 0.717) is 0 Å². The quantitative estimate of drug-likeness (QED) is 0.685. The molecule has 72 valence electrons. The molecule has 0 aromatic heterocycles. The number of rotatable bonds is 3.